The Balaban J connectivity index is 0.00000196. The fourth-order valence-corrected chi connectivity index (χ4v) is 4.06. The van der Waals surface area contributed by atoms with Crippen molar-refractivity contribution in [2.75, 3.05) is 38.1 Å². The van der Waals surface area contributed by atoms with Crippen LogP contribution in [-0.2, 0) is 11.3 Å². The lowest BCUT2D eigenvalue weighted by molar-refractivity contribution is -0.116. The van der Waals surface area contributed by atoms with Gasteiger partial charge in [-0.15, -0.1) is 24.8 Å². The lowest BCUT2D eigenvalue weighted by Crippen LogP contribution is -2.34. The Hall–Kier alpha value is -0.850. The van der Waals surface area contributed by atoms with E-state index in [1.165, 1.54) is 18.4 Å². The molecule has 0 unspecified atom stereocenters. The normalized spacial score (nSPS) is 18.8. The van der Waals surface area contributed by atoms with E-state index in [1.54, 1.807) is 0 Å². The number of amides is 1. The molecule has 3 N–H and O–H groups in total. The highest BCUT2D eigenvalue weighted by Crippen LogP contribution is 2.21. The van der Waals surface area contributed by atoms with Crippen molar-refractivity contribution >= 4 is 36.4 Å². The van der Waals surface area contributed by atoms with E-state index in [9.17, 15) is 9.90 Å². The number of rotatable bonds is 7. The lowest BCUT2D eigenvalue weighted by atomic mass is 9.93. The van der Waals surface area contributed by atoms with Gasteiger partial charge < -0.3 is 15.7 Å². The van der Waals surface area contributed by atoms with Crippen molar-refractivity contribution in [3.63, 3.8) is 0 Å². The molecule has 5 nitrogen and oxygen atoms in total. The Bertz CT molecular complexity index is 575. The molecule has 1 aromatic carbocycles. The van der Waals surface area contributed by atoms with Gasteiger partial charge >= 0.3 is 0 Å². The third-order valence-corrected chi connectivity index (χ3v) is 5.82. The largest absolute Gasteiger partial charge is 0.396 e. The van der Waals surface area contributed by atoms with E-state index in [1.807, 2.05) is 12.1 Å². The number of anilines is 1. The van der Waals surface area contributed by atoms with E-state index in [-0.39, 0.29) is 30.7 Å². The van der Waals surface area contributed by atoms with Crippen LogP contribution in [0.4, 0.5) is 5.69 Å². The predicted molar refractivity (Wildman–Crippen MR) is 119 cm³/mol. The van der Waals surface area contributed by atoms with Crippen LogP contribution in [0.25, 0.3) is 0 Å². The average Bonchev–Trinajstić information content (AvgIpc) is 2.68. The zero-order valence-corrected chi connectivity index (χ0v) is 18.2. The molecule has 2 aliphatic heterocycles. The predicted octanol–water partition coefficient (Wildman–Crippen LogP) is 3.45. The summed E-state index contributed by atoms with van der Waals surface area (Å²) >= 11 is 0. The summed E-state index contributed by atoms with van der Waals surface area (Å²) in [4.78, 5) is 14.7. The molecule has 7 heteroatoms. The molecule has 2 saturated heterocycles. The molecular weight excluding hydrogens is 397 g/mol. The number of hydrogen-bond acceptors (Lipinski definition) is 4. The third kappa shape index (κ3) is 8.26. The molecule has 0 radical (unpaired) electrons. The molecule has 0 spiro atoms. The molecule has 0 bridgehead atoms. The zero-order chi connectivity index (χ0) is 18.2. The van der Waals surface area contributed by atoms with Crippen LogP contribution in [0, 0.1) is 11.8 Å². The Labute approximate surface area is 181 Å². The highest BCUT2D eigenvalue weighted by molar-refractivity contribution is 5.90. The summed E-state index contributed by atoms with van der Waals surface area (Å²) in [6.45, 7) is 5.48. The van der Waals surface area contributed by atoms with Crippen LogP contribution in [0.3, 0.4) is 0 Å². The fourth-order valence-electron chi connectivity index (χ4n) is 4.06. The van der Waals surface area contributed by atoms with Crippen molar-refractivity contribution in [3.05, 3.63) is 29.8 Å². The number of hydrogen-bond donors (Lipinski definition) is 3. The van der Waals surface area contributed by atoms with E-state index >= 15 is 0 Å². The Morgan fingerprint density at radius 3 is 2.50 bits per heavy atom. The SMILES string of the molecule is Cl.Cl.O=C(CCC1CCNCC1)Nc1cccc(CN2CCC(CO)CC2)c1. The van der Waals surface area contributed by atoms with E-state index in [2.05, 4.69) is 27.7 Å². The standard InChI is InChI=1S/C21H33N3O2.2ClH/c25-16-18-8-12-24(13-9-18)15-19-2-1-3-20(14-19)23-21(26)5-4-17-6-10-22-11-7-17;;/h1-3,14,17-18,22,25H,4-13,15-16H2,(H,23,26);2*1H. The molecule has 0 aromatic heterocycles. The van der Waals surface area contributed by atoms with Crippen LogP contribution in [0.15, 0.2) is 24.3 Å². The van der Waals surface area contributed by atoms with Crippen molar-refractivity contribution in [3.8, 4) is 0 Å². The van der Waals surface area contributed by atoms with Crippen LogP contribution < -0.4 is 10.6 Å². The van der Waals surface area contributed by atoms with Gasteiger partial charge in [0, 0.05) is 25.3 Å². The Morgan fingerprint density at radius 2 is 1.82 bits per heavy atom. The molecule has 0 atom stereocenters. The van der Waals surface area contributed by atoms with Gasteiger partial charge in [0.05, 0.1) is 0 Å². The van der Waals surface area contributed by atoms with Gasteiger partial charge in [-0.1, -0.05) is 12.1 Å². The first-order chi connectivity index (χ1) is 12.7. The van der Waals surface area contributed by atoms with Gasteiger partial charge in [-0.2, -0.15) is 0 Å². The second-order valence-corrected chi connectivity index (χ2v) is 7.88. The molecule has 3 rings (SSSR count). The first-order valence-corrected chi connectivity index (χ1v) is 10.2. The minimum absolute atomic E-state index is 0. The molecule has 2 heterocycles. The first kappa shape index (κ1) is 25.2. The smallest absolute Gasteiger partial charge is 0.224 e. The average molecular weight is 432 g/mol. The van der Waals surface area contributed by atoms with Gasteiger partial charge in [0.2, 0.25) is 5.91 Å². The second-order valence-electron chi connectivity index (χ2n) is 7.88. The van der Waals surface area contributed by atoms with Crippen LogP contribution in [-0.4, -0.2) is 48.7 Å². The quantitative estimate of drug-likeness (QED) is 0.618. The topological polar surface area (TPSA) is 64.6 Å². The maximum Gasteiger partial charge on any atom is 0.224 e. The summed E-state index contributed by atoms with van der Waals surface area (Å²) in [7, 11) is 0. The number of aliphatic hydroxyl groups excluding tert-OH is 1. The number of benzene rings is 1. The van der Waals surface area contributed by atoms with Crippen LogP contribution >= 0.6 is 24.8 Å². The molecule has 0 aliphatic carbocycles. The van der Waals surface area contributed by atoms with Gasteiger partial charge in [0.15, 0.2) is 0 Å². The number of carbonyl (C=O) groups excluding carboxylic acids is 1. The molecule has 160 valence electrons. The molecule has 0 saturated carbocycles. The fraction of sp³-hybridized carbons (Fsp3) is 0.667. The Kier molecular flexibility index (Phi) is 12.0. The van der Waals surface area contributed by atoms with Crippen molar-refractivity contribution in [2.24, 2.45) is 11.8 Å². The molecule has 1 aromatic rings. The highest BCUT2D eigenvalue weighted by atomic mass is 35.5. The number of piperidine rings is 2. The van der Waals surface area contributed by atoms with E-state index in [4.69, 9.17) is 0 Å². The number of aliphatic hydroxyl groups is 1. The molecule has 2 fully saturated rings. The zero-order valence-electron chi connectivity index (χ0n) is 16.6. The monoisotopic (exact) mass is 431 g/mol. The maximum absolute atomic E-state index is 12.3. The number of carbonyl (C=O) groups is 1. The number of nitrogens with zero attached hydrogens (tertiary/aromatic N) is 1. The summed E-state index contributed by atoms with van der Waals surface area (Å²) in [6.07, 6.45) is 6.13. The third-order valence-electron chi connectivity index (χ3n) is 5.82. The van der Waals surface area contributed by atoms with Crippen LogP contribution in [0.1, 0.15) is 44.1 Å². The van der Waals surface area contributed by atoms with Gasteiger partial charge in [0.1, 0.15) is 0 Å². The summed E-state index contributed by atoms with van der Waals surface area (Å²) in [5.41, 5.74) is 2.15. The molecule has 1 amide bonds. The van der Waals surface area contributed by atoms with Gasteiger partial charge in [-0.3, -0.25) is 9.69 Å². The highest BCUT2D eigenvalue weighted by Gasteiger charge is 2.18. The van der Waals surface area contributed by atoms with Crippen molar-refractivity contribution in [1.82, 2.24) is 10.2 Å². The first-order valence-electron chi connectivity index (χ1n) is 10.2. The molecule has 28 heavy (non-hydrogen) atoms. The van der Waals surface area contributed by atoms with Crippen molar-refractivity contribution in [1.29, 1.82) is 0 Å². The van der Waals surface area contributed by atoms with E-state index in [0.29, 0.717) is 24.9 Å². The van der Waals surface area contributed by atoms with Gasteiger partial charge in [-0.25, -0.2) is 0 Å². The number of likely N-dealkylation sites (tertiary alicyclic amines) is 1. The number of halogens is 2. The molecular formula is C21H35Cl2N3O2. The maximum atomic E-state index is 12.3. The lowest BCUT2D eigenvalue weighted by Gasteiger charge is -2.31. The minimum Gasteiger partial charge on any atom is -0.396 e. The minimum atomic E-state index is 0. The molecule has 2 aliphatic rings. The summed E-state index contributed by atoms with van der Waals surface area (Å²) < 4.78 is 0. The van der Waals surface area contributed by atoms with E-state index in [0.717, 1.165) is 57.7 Å². The Morgan fingerprint density at radius 1 is 1.11 bits per heavy atom. The van der Waals surface area contributed by atoms with Crippen LogP contribution in [0.5, 0.6) is 0 Å². The number of nitrogens with one attached hydrogen (secondary N) is 2. The summed E-state index contributed by atoms with van der Waals surface area (Å²) in [5.74, 6) is 1.29. The second kappa shape index (κ2) is 13.4. The van der Waals surface area contributed by atoms with Gasteiger partial charge in [-0.05, 0) is 87.8 Å². The summed E-state index contributed by atoms with van der Waals surface area (Å²) in [6, 6.07) is 8.23. The van der Waals surface area contributed by atoms with Crippen LogP contribution in [0.2, 0.25) is 0 Å². The van der Waals surface area contributed by atoms with Gasteiger partial charge in [0.25, 0.3) is 0 Å². The summed E-state index contributed by atoms with van der Waals surface area (Å²) in [5, 5.41) is 15.7. The van der Waals surface area contributed by atoms with E-state index < -0.39 is 0 Å². The van der Waals surface area contributed by atoms with Crippen molar-refractivity contribution in [2.45, 2.75) is 45.1 Å². The van der Waals surface area contributed by atoms with Crippen molar-refractivity contribution < 1.29 is 9.90 Å².